The van der Waals surface area contributed by atoms with Gasteiger partial charge in [0.05, 0.1) is 12.2 Å². The monoisotopic (exact) mass is 282 g/mol. The van der Waals surface area contributed by atoms with E-state index in [1.165, 1.54) is 11.9 Å². The highest BCUT2D eigenvalue weighted by atomic mass is 16.2. The SMILES string of the molecule is Nc1ncnc2c1CCN(C(=O)CCc1ccccc1)C2. The van der Waals surface area contributed by atoms with E-state index in [1.807, 2.05) is 35.2 Å². The summed E-state index contributed by atoms with van der Waals surface area (Å²) < 4.78 is 0. The van der Waals surface area contributed by atoms with E-state index in [0.717, 1.165) is 24.1 Å². The standard InChI is InChI=1S/C16H18N4O/c17-16-13-8-9-20(10-14(13)18-11-19-16)15(21)7-6-12-4-2-1-3-5-12/h1-5,11H,6-10H2,(H2,17,18,19). The van der Waals surface area contributed by atoms with Crippen molar-refractivity contribution in [3.8, 4) is 0 Å². The molecule has 3 rings (SSSR count). The van der Waals surface area contributed by atoms with Crippen molar-refractivity contribution in [2.24, 2.45) is 0 Å². The van der Waals surface area contributed by atoms with E-state index in [0.29, 0.717) is 25.3 Å². The number of nitrogens with two attached hydrogens (primary N) is 1. The Morgan fingerprint density at radius 3 is 2.86 bits per heavy atom. The molecule has 0 aliphatic carbocycles. The Morgan fingerprint density at radius 2 is 2.05 bits per heavy atom. The van der Waals surface area contributed by atoms with Gasteiger partial charge in [0.15, 0.2) is 0 Å². The minimum atomic E-state index is 0.168. The Balaban J connectivity index is 1.62. The summed E-state index contributed by atoms with van der Waals surface area (Å²) in [5.41, 5.74) is 8.90. The van der Waals surface area contributed by atoms with Crippen LogP contribution in [0.5, 0.6) is 0 Å². The lowest BCUT2D eigenvalue weighted by Gasteiger charge is -2.28. The van der Waals surface area contributed by atoms with Gasteiger partial charge >= 0.3 is 0 Å². The fraction of sp³-hybridized carbons (Fsp3) is 0.312. The Morgan fingerprint density at radius 1 is 1.24 bits per heavy atom. The van der Waals surface area contributed by atoms with Crippen molar-refractivity contribution < 1.29 is 4.79 Å². The van der Waals surface area contributed by atoms with Crippen LogP contribution < -0.4 is 5.73 Å². The molecule has 0 saturated heterocycles. The molecule has 2 heterocycles. The summed E-state index contributed by atoms with van der Waals surface area (Å²) in [5, 5.41) is 0. The van der Waals surface area contributed by atoms with E-state index in [-0.39, 0.29) is 5.91 Å². The summed E-state index contributed by atoms with van der Waals surface area (Å²) in [5.74, 6) is 0.707. The fourth-order valence-corrected chi connectivity index (χ4v) is 2.65. The summed E-state index contributed by atoms with van der Waals surface area (Å²) >= 11 is 0. The van der Waals surface area contributed by atoms with Crippen LogP contribution in [0.4, 0.5) is 5.82 Å². The molecule has 1 aliphatic rings. The molecular formula is C16H18N4O. The Hall–Kier alpha value is -2.43. The van der Waals surface area contributed by atoms with Crippen LogP contribution in [-0.2, 0) is 24.2 Å². The minimum absolute atomic E-state index is 0.168. The van der Waals surface area contributed by atoms with Crippen molar-refractivity contribution in [2.75, 3.05) is 12.3 Å². The molecule has 5 heteroatoms. The molecule has 0 spiro atoms. The summed E-state index contributed by atoms with van der Waals surface area (Å²) in [6.07, 6.45) is 3.50. The van der Waals surface area contributed by atoms with Gasteiger partial charge < -0.3 is 10.6 Å². The van der Waals surface area contributed by atoms with Crippen LogP contribution in [0.15, 0.2) is 36.7 Å². The van der Waals surface area contributed by atoms with Crippen LogP contribution in [0.1, 0.15) is 23.2 Å². The lowest BCUT2D eigenvalue weighted by Crippen LogP contribution is -2.37. The molecular weight excluding hydrogens is 264 g/mol. The summed E-state index contributed by atoms with van der Waals surface area (Å²) in [6.45, 7) is 1.23. The molecule has 1 aromatic heterocycles. The van der Waals surface area contributed by atoms with E-state index in [4.69, 9.17) is 5.73 Å². The van der Waals surface area contributed by atoms with Gasteiger partial charge in [-0.25, -0.2) is 9.97 Å². The van der Waals surface area contributed by atoms with Gasteiger partial charge in [0.1, 0.15) is 12.1 Å². The molecule has 1 aliphatic heterocycles. The second-order valence-corrected chi connectivity index (χ2v) is 5.24. The van der Waals surface area contributed by atoms with Crippen LogP contribution in [-0.4, -0.2) is 27.3 Å². The number of amides is 1. The molecule has 0 bridgehead atoms. The second-order valence-electron chi connectivity index (χ2n) is 5.24. The Kier molecular flexibility index (Phi) is 3.81. The third-order valence-electron chi connectivity index (χ3n) is 3.86. The Bertz CT molecular complexity index is 642. The van der Waals surface area contributed by atoms with Crippen molar-refractivity contribution in [3.05, 3.63) is 53.5 Å². The minimum Gasteiger partial charge on any atom is -0.383 e. The maximum atomic E-state index is 12.3. The first-order chi connectivity index (χ1) is 10.2. The van der Waals surface area contributed by atoms with Gasteiger partial charge in [-0.3, -0.25) is 4.79 Å². The lowest BCUT2D eigenvalue weighted by atomic mass is 10.0. The Labute approximate surface area is 123 Å². The van der Waals surface area contributed by atoms with E-state index in [1.54, 1.807) is 0 Å². The number of fused-ring (bicyclic) bond motifs is 1. The average Bonchev–Trinajstić information content (AvgIpc) is 2.53. The first-order valence-electron chi connectivity index (χ1n) is 7.14. The first-order valence-corrected chi connectivity index (χ1v) is 7.14. The van der Waals surface area contributed by atoms with Crippen molar-refractivity contribution in [1.82, 2.24) is 14.9 Å². The third kappa shape index (κ3) is 3.02. The number of carbonyl (C=O) groups is 1. The molecule has 5 nitrogen and oxygen atoms in total. The zero-order chi connectivity index (χ0) is 14.7. The smallest absolute Gasteiger partial charge is 0.223 e. The van der Waals surface area contributed by atoms with Gasteiger partial charge in [-0.1, -0.05) is 30.3 Å². The first kappa shape index (κ1) is 13.5. The quantitative estimate of drug-likeness (QED) is 0.927. The van der Waals surface area contributed by atoms with Crippen LogP contribution >= 0.6 is 0 Å². The highest BCUT2D eigenvalue weighted by molar-refractivity contribution is 5.76. The third-order valence-corrected chi connectivity index (χ3v) is 3.86. The van der Waals surface area contributed by atoms with Gasteiger partial charge in [0.25, 0.3) is 0 Å². The molecule has 2 aromatic rings. The number of nitrogens with zero attached hydrogens (tertiary/aromatic N) is 3. The fourth-order valence-electron chi connectivity index (χ4n) is 2.65. The maximum absolute atomic E-state index is 12.3. The van der Waals surface area contributed by atoms with E-state index in [2.05, 4.69) is 9.97 Å². The molecule has 108 valence electrons. The number of benzene rings is 1. The second kappa shape index (κ2) is 5.91. The van der Waals surface area contributed by atoms with Gasteiger partial charge in [0, 0.05) is 18.5 Å². The summed E-state index contributed by atoms with van der Waals surface area (Å²) in [7, 11) is 0. The number of hydrogen-bond donors (Lipinski definition) is 1. The molecule has 0 fully saturated rings. The highest BCUT2D eigenvalue weighted by Gasteiger charge is 2.23. The predicted molar refractivity (Wildman–Crippen MR) is 80.3 cm³/mol. The molecule has 0 unspecified atom stereocenters. The number of hydrogen-bond acceptors (Lipinski definition) is 4. The van der Waals surface area contributed by atoms with Crippen LogP contribution in [0.25, 0.3) is 0 Å². The lowest BCUT2D eigenvalue weighted by molar-refractivity contribution is -0.132. The number of aryl methyl sites for hydroxylation is 1. The van der Waals surface area contributed by atoms with Crippen LogP contribution in [0.3, 0.4) is 0 Å². The average molecular weight is 282 g/mol. The van der Waals surface area contributed by atoms with E-state index < -0.39 is 0 Å². The van der Waals surface area contributed by atoms with E-state index in [9.17, 15) is 4.79 Å². The van der Waals surface area contributed by atoms with Gasteiger partial charge in [0.2, 0.25) is 5.91 Å². The van der Waals surface area contributed by atoms with Gasteiger partial charge in [-0.2, -0.15) is 0 Å². The molecule has 1 amide bonds. The topological polar surface area (TPSA) is 72.1 Å². The molecule has 0 saturated carbocycles. The van der Waals surface area contributed by atoms with Crippen molar-refractivity contribution in [2.45, 2.75) is 25.8 Å². The molecule has 2 N–H and O–H groups in total. The zero-order valence-corrected chi connectivity index (χ0v) is 11.8. The van der Waals surface area contributed by atoms with Gasteiger partial charge in [-0.05, 0) is 18.4 Å². The number of anilines is 1. The van der Waals surface area contributed by atoms with Crippen LogP contribution in [0.2, 0.25) is 0 Å². The number of rotatable bonds is 3. The summed E-state index contributed by atoms with van der Waals surface area (Å²) in [4.78, 5) is 22.4. The largest absolute Gasteiger partial charge is 0.383 e. The number of carbonyl (C=O) groups excluding carboxylic acids is 1. The van der Waals surface area contributed by atoms with Crippen LogP contribution in [0, 0.1) is 0 Å². The van der Waals surface area contributed by atoms with Crippen molar-refractivity contribution in [1.29, 1.82) is 0 Å². The molecule has 1 aromatic carbocycles. The normalized spacial score (nSPS) is 13.8. The van der Waals surface area contributed by atoms with E-state index >= 15 is 0 Å². The summed E-state index contributed by atoms with van der Waals surface area (Å²) in [6, 6.07) is 10.1. The molecule has 0 radical (unpaired) electrons. The zero-order valence-electron chi connectivity index (χ0n) is 11.8. The molecule has 0 atom stereocenters. The maximum Gasteiger partial charge on any atom is 0.223 e. The van der Waals surface area contributed by atoms with Gasteiger partial charge in [-0.15, -0.1) is 0 Å². The predicted octanol–water partition coefficient (Wildman–Crippen LogP) is 1.58. The van der Waals surface area contributed by atoms with Crippen molar-refractivity contribution >= 4 is 11.7 Å². The highest BCUT2D eigenvalue weighted by Crippen LogP contribution is 2.21. The number of aromatic nitrogens is 2. The number of nitrogen functional groups attached to an aromatic ring is 1. The molecule has 21 heavy (non-hydrogen) atoms. The van der Waals surface area contributed by atoms with Crippen molar-refractivity contribution in [3.63, 3.8) is 0 Å².